The van der Waals surface area contributed by atoms with Crippen LogP contribution in [0.4, 0.5) is 5.82 Å². The minimum Gasteiger partial charge on any atom is -0.341 e. The third-order valence-electron chi connectivity index (χ3n) is 4.25. The molecular formula is C19H20N8O2. The first-order valence-electron chi connectivity index (χ1n) is 8.79. The summed E-state index contributed by atoms with van der Waals surface area (Å²) in [6.45, 7) is 2.13. The van der Waals surface area contributed by atoms with Gasteiger partial charge >= 0.3 is 0 Å². The van der Waals surface area contributed by atoms with Gasteiger partial charge in [0.25, 0.3) is 11.8 Å². The van der Waals surface area contributed by atoms with E-state index in [-0.39, 0.29) is 5.82 Å². The first-order valence-corrected chi connectivity index (χ1v) is 8.79. The van der Waals surface area contributed by atoms with Crippen molar-refractivity contribution in [2.75, 3.05) is 18.9 Å². The highest BCUT2D eigenvalue weighted by Crippen LogP contribution is 2.18. The zero-order chi connectivity index (χ0) is 21.0. The molecule has 2 aromatic heterocycles. The van der Waals surface area contributed by atoms with E-state index in [0.717, 1.165) is 11.3 Å². The molecule has 29 heavy (non-hydrogen) atoms. The molecule has 10 nitrogen and oxygen atoms in total. The van der Waals surface area contributed by atoms with Crippen LogP contribution in [0.3, 0.4) is 0 Å². The van der Waals surface area contributed by atoms with Gasteiger partial charge in [0.15, 0.2) is 11.4 Å². The number of rotatable bonds is 6. The van der Waals surface area contributed by atoms with E-state index in [1.54, 1.807) is 23.6 Å². The van der Waals surface area contributed by atoms with Gasteiger partial charge in [-0.25, -0.2) is 4.98 Å². The molecule has 0 aliphatic carbocycles. The Morgan fingerprint density at radius 2 is 1.97 bits per heavy atom. The molecule has 148 valence electrons. The molecule has 0 saturated heterocycles. The lowest BCUT2D eigenvalue weighted by molar-refractivity contribution is -0.122. The van der Waals surface area contributed by atoms with E-state index < -0.39 is 23.2 Å². The maximum atomic E-state index is 12.5. The molecular weight excluding hydrogens is 372 g/mol. The van der Waals surface area contributed by atoms with Crippen molar-refractivity contribution in [3.63, 3.8) is 0 Å². The third-order valence-corrected chi connectivity index (χ3v) is 4.25. The molecule has 2 heterocycles. The lowest BCUT2D eigenvalue weighted by atomic mass is 10.2. The lowest BCUT2D eigenvalue weighted by Crippen LogP contribution is -2.42. The summed E-state index contributed by atoms with van der Waals surface area (Å²) in [5, 5.41) is 13.7. The van der Waals surface area contributed by atoms with E-state index in [1.807, 2.05) is 36.5 Å². The Kier molecular flexibility index (Phi) is 5.63. The number of fused-ring (bicyclic) bond motifs is 1. The number of benzene rings is 1. The number of nitrogens with zero attached hydrogens (tertiary/aromatic N) is 5. The average molecular weight is 392 g/mol. The van der Waals surface area contributed by atoms with Crippen LogP contribution in [-0.2, 0) is 9.59 Å². The van der Waals surface area contributed by atoms with Crippen LogP contribution in [0.25, 0.3) is 17.0 Å². The van der Waals surface area contributed by atoms with E-state index in [0.29, 0.717) is 12.3 Å². The molecule has 0 saturated carbocycles. The number of hydrogen-bond donors (Lipinski definition) is 3. The van der Waals surface area contributed by atoms with Gasteiger partial charge in [0.05, 0.1) is 5.69 Å². The van der Waals surface area contributed by atoms with E-state index >= 15 is 0 Å². The van der Waals surface area contributed by atoms with Gasteiger partial charge in [-0.2, -0.15) is 10.1 Å². The number of carbonyl (C=O) groups is 2. The lowest BCUT2D eigenvalue weighted by Gasteiger charge is -2.15. The van der Waals surface area contributed by atoms with Crippen LogP contribution >= 0.6 is 0 Å². The van der Waals surface area contributed by atoms with Crippen LogP contribution in [0.2, 0.25) is 0 Å². The summed E-state index contributed by atoms with van der Waals surface area (Å²) in [6, 6.07) is 11.2. The maximum absolute atomic E-state index is 12.5. The fourth-order valence-corrected chi connectivity index (χ4v) is 2.54. The summed E-state index contributed by atoms with van der Waals surface area (Å²) in [5.41, 5.74) is 0.599. The molecule has 3 rings (SSSR count). The highest BCUT2D eigenvalue weighted by Gasteiger charge is 2.25. The highest BCUT2D eigenvalue weighted by molar-refractivity contribution is 6.81. The summed E-state index contributed by atoms with van der Waals surface area (Å²) in [7, 11) is 1.51. The second kappa shape index (κ2) is 8.30. The van der Waals surface area contributed by atoms with Crippen LogP contribution in [0.5, 0.6) is 0 Å². The van der Waals surface area contributed by atoms with Crippen molar-refractivity contribution < 1.29 is 9.59 Å². The Hall–Kier alpha value is -4.08. The summed E-state index contributed by atoms with van der Waals surface area (Å²) in [6.07, 6.45) is 3.52. The number of carbonyl (C=O) groups excluding carboxylic acids is 2. The first kappa shape index (κ1) is 19.7. The minimum atomic E-state index is -0.804. The van der Waals surface area contributed by atoms with Gasteiger partial charge in [-0.05, 0) is 13.0 Å². The normalized spacial score (nSPS) is 11.3. The second-order valence-corrected chi connectivity index (χ2v) is 6.14. The average Bonchev–Trinajstić information content (AvgIpc) is 3.17. The van der Waals surface area contributed by atoms with Gasteiger partial charge in [-0.15, -0.1) is 0 Å². The molecule has 0 aliphatic heterocycles. The number of nitrogens with one attached hydrogen (secondary N) is 2. The SMILES string of the molecule is CCN(C)C(=O)C(=N)C(=NN)C(=O)Nc1ccn2cc(-c3ccccc3)nc2n1. The van der Waals surface area contributed by atoms with Crippen molar-refractivity contribution in [3.05, 3.63) is 48.8 Å². The molecule has 0 unspecified atom stereocenters. The molecule has 0 spiro atoms. The van der Waals surface area contributed by atoms with Gasteiger partial charge in [0, 0.05) is 31.5 Å². The van der Waals surface area contributed by atoms with Crippen LogP contribution in [0.15, 0.2) is 53.9 Å². The van der Waals surface area contributed by atoms with Crippen LogP contribution < -0.4 is 11.2 Å². The molecule has 0 bridgehead atoms. The molecule has 0 aliphatic rings. The molecule has 10 heteroatoms. The van der Waals surface area contributed by atoms with Gasteiger partial charge < -0.3 is 16.1 Å². The zero-order valence-electron chi connectivity index (χ0n) is 16.0. The van der Waals surface area contributed by atoms with E-state index in [9.17, 15) is 9.59 Å². The molecule has 0 radical (unpaired) electrons. The molecule has 4 N–H and O–H groups in total. The zero-order valence-corrected chi connectivity index (χ0v) is 16.0. The van der Waals surface area contributed by atoms with Crippen molar-refractivity contribution in [3.8, 4) is 11.3 Å². The van der Waals surface area contributed by atoms with E-state index in [1.165, 1.54) is 11.9 Å². The van der Waals surface area contributed by atoms with E-state index in [4.69, 9.17) is 11.3 Å². The van der Waals surface area contributed by atoms with E-state index in [2.05, 4.69) is 20.4 Å². The summed E-state index contributed by atoms with van der Waals surface area (Å²) in [4.78, 5) is 34.6. The van der Waals surface area contributed by atoms with Gasteiger partial charge in [0.2, 0.25) is 5.78 Å². The highest BCUT2D eigenvalue weighted by atomic mass is 16.2. The van der Waals surface area contributed by atoms with Crippen LogP contribution in [0.1, 0.15) is 6.92 Å². The first-order chi connectivity index (χ1) is 13.9. The summed E-state index contributed by atoms with van der Waals surface area (Å²) >= 11 is 0. The Balaban J connectivity index is 1.81. The number of hydrazone groups is 1. The van der Waals surface area contributed by atoms with Crippen molar-refractivity contribution >= 4 is 34.8 Å². The molecule has 3 aromatic rings. The predicted octanol–water partition coefficient (Wildman–Crippen LogP) is 1.15. The topological polar surface area (TPSA) is 142 Å². The fourth-order valence-electron chi connectivity index (χ4n) is 2.54. The fraction of sp³-hybridized carbons (Fsp3) is 0.158. The Morgan fingerprint density at radius 3 is 2.62 bits per heavy atom. The second-order valence-electron chi connectivity index (χ2n) is 6.14. The summed E-state index contributed by atoms with van der Waals surface area (Å²) < 4.78 is 1.72. The largest absolute Gasteiger partial charge is 0.341 e. The monoisotopic (exact) mass is 392 g/mol. The Morgan fingerprint density at radius 1 is 1.24 bits per heavy atom. The standard InChI is InChI=1S/C19H20N8O2/c1-3-26(2)18(29)15(20)16(25-21)17(28)23-14-9-10-27-11-13(22-19(27)24-14)12-7-5-4-6-8-12/h4-11,20H,3,21H2,1-2H3,(H,22,23,24,28). The number of aromatic nitrogens is 3. The van der Waals surface area contributed by atoms with Crippen molar-refractivity contribution in [2.24, 2.45) is 10.9 Å². The smallest absolute Gasteiger partial charge is 0.279 e. The Labute approximate surface area is 166 Å². The van der Waals surface area contributed by atoms with Crippen molar-refractivity contribution in [2.45, 2.75) is 6.92 Å². The van der Waals surface area contributed by atoms with Crippen molar-refractivity contribution in [1.82, 2.24) is 19.3 Å². The van der Waals surface area contributed by atoms with Crippen molar-refractivity contribution in [1.29, 1.82) is 5.41 Å². The number of hydrogen-bond acceptors (Lipinski definition) is 7. The third kappa shape index (κ3) is 4.10. The molecule has 2 amide bonds. The number of imidazole rings is 1. The maximum Gasteiger partial charge on any atom is 0.279 e. The van der Waals surface area contributed by atoms with Gasteiger partial charge in [-0.3, -0.25) is 19.4 Å². The van der Waals surface area contributed by atoms with Crippen LogP contribution in [-0.4, -0.2) is 56.1 Å². The number of anilines is 1. The van der Waals surface area contributed by atoms with Crippen LogP contribution in [0, 0.1) is 5.41 Å². The molecule has 0 atom stereocenters. The van der Waals surface area contributed by atoms with Gasteiger partial charge in [-0.1, -0.05) is 30.3 Å². The number of amides is 2. The molecule has 0 fully saturated rings. The molecule has 1 aromatic carbocycles. The predicted molar refractivity (Wildman–Crippen MR) is 110 cm³/mol. The minimum absolute atomic E-state index is 0.193. The number of nitrogens with two attached hydrogens (primary N) is 1. The summed E-state index contributed by atoms with van der Waals surface area (Å²) in [5.74, 6) is 4.36. The quantitative estimate of drug-likeness (QED) is 0.328. The van der Waals surface area contributed by atoms with Gasteiger partial charge in [0.1, 0.15) is 5.82 Å². The Bertz CT molecular complexity index is 1100.